The molecule has 2 aromatic rings. The zero-order chi connectivity index (χ0) is 14.2. The molecule has 7 heteroatoms. The van der Waals surface area contributed by atoms with Crippen molar-refractivity contribution in [2.45, 2.75) is 37.9 Å². The lowest BCUT2D eigenvalue weighted by atomic mass is 10.0. The molecule has 1 atom stereocenters. The maximum absolute atomic E-state index is 12.6. The van der Waals surface area contributed by atoms with Crippen LogP contribution in [-0.4, -0.2) is 27.2 Å². The lowest BCUT2D eigenvalue weighted by Gasteiger charge is -2.21. The van der Waals surface area contributed by atoms with Crippen molar-refractivity contribution >= 4 is 5.65 Å². The van der Waals surface area contributed by atoms with Gasteiger partial charge >= 0.3 is 6.18 Å². The van der Waals surface area contributed by atoms with E-state index in [0.29, 0.717) is 23.9 Å². The molecule has 1 aliphatic rings. The predicted molar refractivity (Wildman–Crippen MR) is 67.3 cm³/mol. The van der Waals surface area contributed by atoms with Crippen molar-refractivity contribution in [3.05, 3.63) is 29.7 Å². The van der Waals surface area contributed by atoms with Gasteiger partial charge in [0.1, 0.15) is 0 Å². The molecule has 1 unspecified atom stereocenters. The molecular formula is C13H15F3N4. The lowest BCUT2D eigenvalue weighted by Crippen LogP contribution is -2.35. The summed E-state index contributed by atoms with van der Waals surface area (Å²) in [7, 11) is 0. The summed E-state index contributed by atoms with van der Waals surface area (Å²) in [6.07, 6.45) is 0.686. The maximum Gasteiger partial charge on any atom is 0.417 e. The van der Waals surface area contributed by atoms with E-state index in [1.165, 1.54) is 23.4 Å². The first-order chi connectivity index (χ1) is 9.52. The molecule has 3 heterocycles. The Hall–Kier alpha value is -1.63. The Kier molecular flexibility index (Phi) is 3.37. The van der Waals surface area contributed by atoms with E-state index in [4.69, 9.17) is 0 Å². The van der Waals surface area contributed by atoms with Crippen molar-refractivity contribution < 1.29 is 13.2 Å². The van der Waals surface area contributed by atoms with Crippen LogP contribution in [0.15, 0.2) is 18.3 Å². The van der Waals surface area contributed by atoms with E-state index in [9.17, 15) is 13.2 Å². The number of rotatable bonds is 2. The number of halogens is 3. The number of nitrogens with one attached hydrogen (secondary N) is 1. The Labute approximate surface area is 114 Å². The Balaban J connectivity index is 1.83. The van der Waals surface area contributed by atoms with Gasteiger partial charge in [0.2, 0.25) is 0 Å². The number of aromatic nitrogens is 3. The highest BCUT2D eigenvalue weighted by Crippen LogP contribution is 2.28. The zero-order valence-electron chi connectivity index (χ0n) is 10.8. The largest absolute Gasteiger partial charge is 0.417 e. The second-order valence-corrected chi connectivity index (χ2v) is 5.10. The van der Waals surface area contributed by atoms with Crippen LogP contribution in [-0.2, 0) is 12.6 Å². The summed E-state index contributed by atoms with van der Waals surface area (Å²) in [5.41, 5.74) is -0.263. The summed E-state index contributed by atoms with van der Waals surface area (Å²) in [6.45, 7) is 0.982. The maximum atomic E-state index is 12.6. The molecule has 0 aromatic carbocycles. The van der Waals surface area contributed by atoms with Gasteiger partial charge in [-0.25, -0.2) is 9.50 Å². The first-order valence-electron chi connectivity index (χ1n) is 6.68. The minimum Gasteiger partial charge on any atom is -0.314 e. The molecule has 3 rings (SSSR count). The Morgan fingerprint density at radius 1 is 1.30 bits per heavy atom. The molecule has 1 fully saturated rings. The fourth-order valence-electron chi connectivity index (χ4n) is 2.50. The molecule has 108 valence electrons. The normalized spacial score (nSPS) is 20.4. The molecule has 20 heavy (non-hydrogen) atoms. The van der Waals surface area contributed by atoms with Gasteiger partial charge in [-0.15, -0.1) is 0 Å². The molecule has 1 saturated heterocycles. The van der Waals surface area contributed by atoms with Gasteiger partial charge in [-0.1, -0.05) is 6.42 Å². The lowest BCUT2D eigenvalue weighted by molar-refractivity contribution is -0.137. The number of hydrogen-bond donors (Lipinski definition) is 1. The summed E-state index contributed by atoms with van der Waals surface area (Å²) < 4.78 is 39.1. The summed E-state index contributed by atoms with van der Waals surface area (Å²) in [6, 6.07) is 2.71. The molecule has 0 bridgehead atoms. The van der Waals surface area contributed by atoms with Crippen molar-refractivity contribution in [3.63, 3.8) is 0 Å². The molecule has 0 aliphatic carbocycles. The van der Waals surface area contributed by atoms with Gasteiger partial charge in [-0.05, 0) is 31.5 Å². The van der Waals surface area contributed by atoms with Gasteiger partial charge < -0.3 is 5.32 Å². The summed E-state index contributed by atoms with van der Waals surface area (Å²) >= 11 is 0. The summed E-state index contributed by atoms with van der Waals surface area (Å²) in [5, 5.41) is 7.52. The summed E-state index contributed by atoms with van der Waals surface area (Å²) in [4.78, 5) is 4.27. The molecule has 0 spiro atoms. The van der Waals surface area contributed by atoms with Crippen molar-refractivity contribution in [1.82, 2.24) is 19.9 Å². The predicted octanol–water partition coefficient (Wildman–Crippen LogP) is 2.43. The first-order valence-corrected chi connectivity index (χ1v) is 6.68. The molecule has 1 N–H and O–H groups in total. The van der Waals surface area contributed by atoms with Crippen LogP contribution in [0, 0.1) is 0 Å². The molecule has 4 nitrogen and oxygen atoms in total. The van der Waals surface area contributed by atoms with Crippen molar-refractivity contribution in [2.24, 2.45) is 0 Å². The number of piperidine rings is 1. The van der Waals surface area contributed by atoms with Crippen molar-refractivity contribution in [1.29, 1.82) is 0 Å². The molecular weight excluding hydrogens is 269 g/mol. The third-order valence-electron chi connectivity index (χ3n) is 3.54. The highest BCUT2D eigenvalue weighted by Gasteiger charge is 2.31. The van der Waals surface area contributed by atoms with Crippen LogP contribution in [0.2, 0.25) is 0 Å². The Morgan fingerprint density at radius 3 is 2.85 bits per heavy atom. The SMILES string of the molecule is FC(F)(F)c1ccc2nc(CC3CCCCN3)nn2c1. The Bertz CT molecular complexity index is 599. The fourth-order valence-corrected chi connectivity index (χ4v) is 2.50. The van der Waals surface area contributed by atoms with Crippen molar-refractivity contribution in [2.75, 3.05) is 6.54 Å². The minimum atomic E-state index is -4.36. The van der Waals surface area contributed by atoms with Crippen LogP contribution in [0.25, 0.3) is 5.65 Å². The van der Waals surface area contributed by atoms with Gasteiger partial charge in [0, 0.05) is 18.7 Å². The van der Waals surface area contributed by atoms with Crippen LogP contribution in [0.1, 0.15) is 30.7 Å². The Morgan fingerprint density at radius 2 is 2.15 bits per heavy atom. The average molecular weight is 284 g/mol. The van der Waals surface area contributed by atoms with E-state index < -0.39 is 11.7 Å². The molecule has 1 aliphatic heterocycles. The number of hydrogen-bond acceptors (Lipinski definition) is 3. The average Bonchev–Trinajstić information content (AvgIpc) is 2.80. The van der Waals surface area contributed by atoms with Crippen LogP contribution in [0.4, 0.5) is 13.2 Å². The highest BCUT2D eigenvalue weighted by molar-refractivity contribution is 5.39. The monoisotopic (exact) mass is 284 g/mol. The zero-order valence-corrected chi connectivity index (χ0v) is 10.8. The van der Waals surface area contributed by atoms with E-state index >= 15 is 0 Å². The number of pyridine rings is 1. The van der Waals surface area contributed by atoms with E-state index in [1.807, 2.05) is 0 Å². The van der Waals surface area contributed by atoms with Gasteiger partial charge in [0.15, 0.2) is 11.5 Å². The third-order valence-corrected chi connectivity index (χ3v) is 3.54. The van der Waals surface area contributed by atoms with Crippen LogP contribution in [0.5, 0.6) is 0 Å². The van der Waals surface area contributed by atoms with Crippen LogP contribution >= 0.6 is 0 Å². The van der Waals surface area contributed by atoms with E-state index in [0.717, 1.165) is 25.2 Å². The number of fused-ring (bicyclic) bond motifs is 1. The van der Waals surface area contributed by atoms with Gasteiger partial charge in [-0.3, -0.25) is 0 Å². The fraction of sp³-hybridized carbons (Fsp3) is 0.538. The highest BCUT2D eigenvalue weighted by atomic mass is 19.4. The third kappa shape index (κ3) is 2.77. The quantitative estimate of drug-likeness (QED) is 0.921. The second kappa shape index (κ2) is 5.05. The van der Waals surface area contributed by atoms with Crippen LogP contribution in [0.3, 0.4) is 0 Å². The van der Waals surface area contributed by atoms with Gasteiger partial charge in [0.05, 0.1) is 5.56 Å². The van der Waals surface area contributed by atoms with E-state index in [2.05, 4.69) is 15.4 Å². The second-order valence-electron chi connectivity index (χ2n) is 5.10. The minimum absolute atomic E-state index is 0.322. The smallest absolute Gasteiger partial charge is 0.314 e. The topological polar surface area (TPSA) is 42.2 Å². The molecule has 0 amide bonds. The van der Waals surface area contributed by atoms with Crippen LogP contribution < -0.4 is 5.32 Å². The summed E-state index contributed by atoms with van der Waals surface area (Å²) in [5.74, 6) is 0.587. The molecule has 0 radical (unpaired) electrons. The first kappa shape index (κ1) is 13.4. The van der Waals surface area contributed by atoms with Gasteiger partial charge in [0.25, 0.3) is 0 Å². The standard InChI is InChI=1S/C13H15F3N4/c14-13(15,16)9-4-5-12-18-11(19-20(12)8-9)7-10-3-1-2-6-17-10/h4-5,8,10,17H,1-3,6-7H2. The molecule has 0 saturated carbocycles. The van der Waals surface area contributed by atoms with E-state index in [-0.39, 0.29) is 0 Å². The number of alkyl halides is 3. The van der Waals surface area contributed by atoms with Gasteiger partial charge in [-0.2, -0.15) is 18.3 Å². The van der Waals surface area contributed by atoms with Crippen molar-refractivity contribution in [3.8, 4) is 0 Å². The van der Waals surface area contributed by atoms with E-state index in [1.54, 1.807) is 0 Å². The molecule has 2 aromatic heterocycles. The number of nitrogens with zero attached hydrogens (tertiary/aromatic N) is 3.